The van der Waals surface area contributed by atoms with E-state index in [0.717, 1.165) is 25.0 Å². The minimum absolute atomic E-state index is 0.0902. The van der Waals surface area contributed by atoms with Crippen LogP contribution in [0.1, 0.15) is 12.8 Å². The molecule has 3 aromatic rings. The maximum atomic E-state index is 13.5. The van der Waals surface area contributed by atoms with E-state index in [4.69, 9.17) is 0 Å². The van der Waals surface area contributed by atoms with Crippen LogP contribution in [0.3, 0.4) is 0 Å². The van der Waals surface area contributed by atoms with E-state index in [-0.39, 0.29) is 27.5 Å². The molecule has 2 aromatic carbocycles. The smallest absolute Gasteiger partial charge is 0.298 e. The molecule has 1 aliphatic rings. The zero-order chi connectivity index (χ0) is 21.5. The fourth-order valence-corrected chi connectivity index (χ4v) is 4.85. The van der Waals surface area contributed by atoms with Crippen LogP contribution in [-0.2, 0) is 10.0 Å². The molecule has 0 aliphatic carbocycles. The summed E-state index contributed by atoms with van der Waals surface area (Å²) < 4.78 is 40.1. The minimum atomic E-state index is -3.84. The molecule has 30 heavy (non-hydrogen) atoms. The Morgan fingerprint density at radius 3 is 2.57 bits per heavy atom. The SMILES string of the molecule is O=[N+]([O-])c1cc(S(=O)(=O)N2CCCC2)ccc1N=Nc1c(O)[nH]c2ccc(F)cc12. The first-order valence-electron chi connectivity index (χ1n) is 8.98. The van der Waals surface area contributed by atoms with Gasteiger partial charge in [-0.2, -0.15) is 4.31 Å². The third-order valence-corrected chi connectivity index (χ3v) is 6.71. The van der Waals surface area contributed by atoms with Crippen LogP contribution in [-0.4, -0.2) is 40.8 Å². The van der Waals surface area contributed by atoms with Gasteiger partial charge in [-0.1, -0.05) is 0 Å². The highest BCUT2D eigenvalue weighted by Gasteiger charge is 2.29. The van der Waals surface area contributed by atoms with E-state index in [0.29, 0.717) is 18.6 Å². The Bertz CT molecular complexity index is 1280. The van der Waals surface area contributed by atoms with Gasteiger partial charge in [0.2, 0.25) is 15.9 Å². The predicted molar refractivity (Wildman–Crippen MR) is 105 cm³/mol. The second kappa shape index (κ2) is 7.46. The number of H-pyrrole nitrogens is 1. The number of hydrogen-bond acceptors (Lipinski definition) is 7. The zero-order valence-electron chi connectivity index (χ0n) is 15.4. The Morgan fingerprint density at radius 2 is 1.87 bits per heavy atom. The third-order valence-electron chi connectivity index (χ3n) is 4.82. The standard InChI is InChI=1S/C18H16FN5O5S/c19-11-3-5-14-13(9-11)17(18(25)20-14)22-21-15-6-4-12(10-16(15)24(26)27)30(28,29)23-7-1-2-8-23/h3-6,9-10,20,25H,1-2,7-8H2. The summed E-state index contributed by atoms with van der Waals surface area (Å²) in [6.45, 7) is 0.738. The number of sulfonamides is 1. The minimum Gasteiger partial charge on any atom is -0.493 e. The second-order valence-electron chi connectivity index (χ2n) is 6.73. The number of azo groups is 1. The average molecular weight is 433 g/mol. The van der Waals surface area contributed by atoms with E-state index in [1.165, 1.54) is 28.6 Å². The lowest BCUT2D eigenvalue weighted by molar-refractivity contribution is -0.384. The molecule has 2 N–H and O–H groups in total. The number of aromatic hydroxyl groups is 1. The Morgan fingerprint density at radius 1 is 1.13 bits per heavy atom. The highest BCUT2D eigenvalue weighted by molar-refractivity contribution is 7.89. The number of halogens is 1. The summed E-state index contributed by atoms with van der Waals surface area (Å²) in [6.07, 6.45) is 1.48. The van der Waals surface area contributed by atoms with Crippen LogP contribution in [0.15, 0.2) is 51.5 Å². The number of nitrogens with zero attached hydrogens (tertiary/aromatic N) is 4. The highest BCUT2D eigenvalue weighted by Crippen LogP contribution is 2.38. The van der Waals surface area contributed by atoms with Crippen LogP contribution in [0.4, 0.5) is 21.5 Å². The molecule has 156 valence electrons. The normalized spacial score (nSPS) is 15.4. The van der Waals surface area contributed by atoms with Crippen molar-refractivity contribution in [1.29, 1.82) is 0 Å². The molecule has 12 heteroatoms. The molecule has 1 aromatic heterocycles. The van der Waals surface area contributed by atoms with E-state index in [2.05, 4.69) is 15.2 Å². The molecule has 0 amide bonds. The van der Waals surface area contributed by atoms with E-state index in [1.54, 1.807) is 0 Å². The van der Waals surface area contributed by atoms with E-state index in [9.17, 15) is 28.0 Å². The first-order valence-corrected chi connectivity index (χ1v) is 10.4. The predicted octanol–water partition coefficient (Wildman–Crippen LogP) is 4.12. The topological polar surface area (TPSA) is 141 Å². The van der Waals surface area contributed by atoms with Crippen molar-refractivity contribution in [2.24, 2.45) is 10.2 Å². The Balaban J connectivity index is 1.74. The number of rotatable bonds is 5. The average Bonchev–Trinajstić information content (AvgIpc) is 3.34. The molecule has 0 unspecified atom stereocenters. The molecule has 0 atom stereocenters. The van der Waals surface area contributed by atoms with Gasteiger partial charge in [-0.25, -0.2) is 12.8 Å². The number of benzene rings is 2. The second-order valence-corrected chi connectivity index (χ2v) is 8.67. The van der Waals surface area contributed by atoms with E-state index >= 15 is 0 Å². The molecule has 0 radical (unpaired) electrons. The van der Waals surface area contributed by atoms with Crippen molar-refractivity contribution in [3.63, 3.8) is 0 Å². The lowest BCUT2D eigenvalue weighted by Crippen LogP contribution is -2.27. The monoisotopic (exact) mass is 433 g/mol. The molecule has 0 saturated carbocycles. The van der Waals surface area contributed by atoms with Gasteiger partial charge in [-0.05, 0) is 43.2 Å². The van der Waals surface area contributed by atoms with Crippen LogP contribution in [0.2, 0.25) is 0 Å². The summed E-state index contributed by atoms with van der Waals surface area (Å²) in [4.78, 5) is 13.1. The summed E-state index contributed by atoms with van der Waals surface area (Å²) in [5, 5.41) is 29.4. The number of fused-ring (bicyclic) bond motifs is 1. The molecule has 10 nitrogen and oxygen atoms in total. The van der Waals surface area contributed by atoms with Gasteiger partial charge in [0.1, 0.15) is 5.82 Å². The van der Waals surface area contributed by atoms with Crippen molar-refractivity contribution in [2.45, 2.75) is 17.7 Å². The van der Waals surface area contributed by atoms with Crippen molar-refractivity contribution in [3.8, 4) is 5.88 Å². The molecule has 2 heterocycles. The maximum Gasteiger partial charge on any atom is 0.298 e. The molecule has 4 rings (SSSR count). The molecular formula is C18H16FN5O5S. The van der Waals surface area contributed by atoms with E-state index < -0.39 is 26.5 Å². The maximum absolute atomic E-state index is 13.5. The molecule has 0 bridgehead atoms. The van der Waals surface area contributed by atoms with Crippen molar-refractivity contribution >= 4 is 38.0 Å². The summed E-state index contributed by atoms with van der Waals surface area (Å²) >= 11 is 0. The molecule has 1 fully saturated rings. The van der Waals surface area contributed by atoms with Gasteiger partial charge in [0.15, 0.2) is 11.4 Å². The first kappa shape index (κ1) is 19.9. The largest absolute Gasteiger partial charge is 0.493 e. The van der Waals surface area contributed by atoms with Crippen LogP contribution in [0, 0.1) is 15.9 Å². The van der Waals surface area contributed by atoms with E-state index in [1.807, 2.05) is 0 Å². The van der Waals surface area contributed by atoms with Gasteiger partial charge in [0.25, 0.3) is 5.69 Å². The van der Waals surface area contributed by atoms with Gasteiger partial charge < -0.3 is 10.1 Å². The Hall–Kier alpha value is -3.38. The number of nitro benzene ring substituents is 1. The quantitative estimate of drug-likeness (QED) is 0.354. The zero-order valence-corrected chi connectivity index (χ0v) is 16.3. The molecule has 1 saturated heterocycles. The van der Waals surface area contributed by atoms with Gasteiger partial charge in [-0.15, -0.1) is 10.2 Å². The number of aromatic amines is 1. The number of aromatic nitrogens is 1. The lowest BCUT2D eigenvalue weighted by Gasteiger charge is -2.15. The fraction of sp³-hybridized carbons (Fsp3) is 0.222. The van der Waals surface area contributed by atoms with Crippen LogP contribution in [0.5, 0.6) is 5.88 Å². The number of nitrogens with one attached hydrogen (secondary N) is 1. The molecule has 1 aliphatic heterocycles. The van der Waals surface area contributed by atoms with Crippen molar-refractivity contribution in [2.75, 3.05) is 13.1 Å². The summed E-state index contributed by atoms with van der Waals surface area (Å²) in [5.74, 6) is -0.935. The van der Waals surface area contributed by atoms with Crippen LogP contribution in [0.25, 0.3) is 10.9 Å². The van der Waals surface area contributed by atoms with Crippen molar-refractivity contribution in [3.05, 3.63) is 52.3 Å². The number of hydrogen-bond donors (Lipinski definition) is 2. The Kier molecular flexibility index (Phi) is 4.95. The van der Waals surface area contributed by atoms with Gasteiger partial charge in [0.05, 0.1) is 15.3 Å². The third kappa shape index (κ3) is 3.50. The van der Waals surface area contributed by atoms with Crippen molar-refractivity contribution in [1.82, 2.24) is 9.29 Å². The highest BCUT2D eigenvalue weighted by atomic mass is 32.2. The summed E-state index contributed by atoms with van der Waals surface area (Å²) in [6, 6.07) is 7.09. The summed E-state index contributed by atoms with van der Waals surface area (Å²) in [7, 11) is -3.84. The van der Waals surface area contributed by atoms with Gasteiger partial charge in [-0.3, -0.25) is 10.1 Å². The van der Waals surface area contributed by atoms with Crippen molar-refractivity contribution < 1.29 is 22.8 Å². The van der Waals surface area contributed by atoms with Crippen LogP contribution >= 0.6 is 0 Å². The number of nitro groups is 1. The Labute approximate surface area is 169 Å². The van der Waals surface area contributed by atoms with Gasteiger partial charge in [0, 0.05) is 24.5 Å². The summed E-state index contributed by atoms with van der Waals surface area (Å²) in [5.41, 5.74) is -0.438. The fourth-order valence-electron chi connectivity index (χ4n) is 3.31. The van der Waals surface area contributed by atoms with Crippen LogP contribution < -0.4 is 0 Å². The lowest BCUT2D eigenvalue weighted by atomic mass is 10.2. The molecular weight excluding hydrogens is 417 g/mol. The van der Waals surface area contributed by atoms with Gasteiger partial charge >= 0.3 is 0 Å². The first-order chi connectivity index (χ1) is 14.3. The molecule has 0 spiro atoms.